The highest BCUT2D eigenvalue weighted by Gasteiger charge is 2.39. The van der Waals surface area contributed by atoms with Crippen molar-refractivity contribution in [1.82, 2.24) is 15.0 Å². The lowest BCUT2D eigenvalue weighted by Crippen LogP contribution is -2.34. The van der Waals surface area contributed by atoms with Gasteiger partial charge in [0.25, 0.3) is 0 Å². The van der Waals surface area contributed by atoms with Gasteiger partial charge in [0.1, 0.15) is 6.17 Å². The maximum Gasteiger partial charge on any atom is 0.164 e. The number of aromatic nitrogens is 3. The zero-order valence-electron chi connectivity index (χ0n) is 36.1. The molecular weight excluding hydrogens is 791 g/mol. The Morgan fingerprint density at radius 2 is 1.34 bits per heavy atom. The van der Waals surface area contributed by atoms with E-state index in [2.05, 4.69) is 204 Å². The highest BCUT2D eigenvalue weighted by atomic mass is 15.3. The van der Waals surface area contributed by atoms with Crippen LogP contribution in [0.25, 0.3) is 67.5 Å². The Labute approximate surface area is 380 Å². The molecule has 4 unspecified atom stereocenters. The summed E-state index contributed by atoms with van der Waals surface area (Å²) < 4.78 is 0. The fraction of sp³-hybridized carbons (Fsp3) is 0.150. The Hall–Kier alpha value is -7.63. The van der Waals surface area contributed by atoms with E-state index in [0.29, 0.717) is 23.5 Å². The smallest absolute Gasteiger partial charge is 0.164 e. The van der Waals surface area contributed by atoms with Gasteiger partial charge >= 0.3 is 0 Å². The van der Waals surface area contributed by atoms with Crippen LogP contribution in [0.2, 0.25) is 0 Å². The number of aryl methyl sites for hydroxylation is 1. The molecule has 65 heavy (non-hydrogen) atoms. The minimum Gasteiger partial charge on any atom is -0.359 e. The minimum absolute atomic E-state index is 0.0138. The van der Waals surface area contributed by atoms with Gasteiger partial charge in [-0.3, -0.25) is 0 Å². The van der Waals surface area contributed by atoms with Crippen LogP contribution in [0.3, 0.4) is 0 Å². The second-order valence-corrected chi connectivity index (χ2v) is 18.2. The molecule has 0 spiro atoms. The fourth-order valence-corrected chi connectivity index (χ4v) is 11.1. The Bertz CT molecular complexity index is 3320. The van der Waals surface area contributed by atoms with Crippen molar-refractivity contribution in [3.05, 3.63) is 216 Å². The molecule has 13 rings (SSSR count). The predicted octanol–water partition coefficient (Wildman–Crippen LogP) is 14.5. The first kappa shape index (κ1) is 37.9. The van der Waals surface area contributed by atoms with E-state index in [1.807, 2.05) is 0 Å². The van der Waals surface area contributed by atoms with E-state index in [-0.39, 0.29) is 12.1 Å². The molecule has 0 fully saturated rings. The van der Waals surface area contributed by atoms with Crippen LogP contribution in [0.1, 0.15) is 42.6 Å². The number of para-hydroxylation sites is 2. The Kier molecular flexibility index (Phi) is 9.07. The van der Waals surface area contributed by atoms with Crippen molar-refractivity contribution in [3.8, 4) is 45.0 Å². The normalized spacial score (nSPS) is 21.0. The summed E-state index contributed by atoms with van der Waals surface area (Å²) in [6.07, 6.45) is 30.9. The SMILES string of the molecule is C1=CC(C2C=C(C3Nc4cccc5c4N3c3ccccc3-c3ccccc3-5)C=CC2)CC(C2C=C(c3nc(-c4ccc5c(c4)CCC=C5)nc(-c4ccc5ccccc5c4)n3)C=CC2)=C1. The van der Waals surface area contributed by atoms with Gasteiger partial charge in [0, 0.05) is 33.7 Å². The largest absolute Gasteiger partial charge is 0.359 e. The topological polar surface area (TPSA) is 53.9 Å². The maximum atomic E-state index is 5.23. The summed E-state index contributed by atoms with van der Waals surface area (Å²) in [6, 6.07) is 46.1. The van der Waals surface area contributed by atoms with Gasteiger partial charge in [0.15, 0.2) is 17.5 Å². The zero-order valence-corrected chi connectivity index (χ0v) is 36.1. The van der Waals surface area contributed by atoms with Crippen molar-refractivity contribution in [2.24, 2.45) is 17.8 Å². The molecule has 6 aliphatic rings. The van der Waals surface area contributed by atoms with Crippen LogP contribution in [-0.4, -0.2) is 21.1 Å². The molecule has 4 aliphatic carbocycles. The van der Waals surface area contributed by atoms with Crippen LogP contribution in [0.5, 0.6) is 0 Å². The van der Waals surface area contributed by atoms with Gasteiger partial charge in [-0.2, -0.15) is 0 Å². The highest BCUT2D eigenvalue weighted by molar-refractivity contribution is 6.05. The van der Waals surface area contributed by atoms with E-state index in [0.717, 1.165) is 54.6 Å². The Balaban J connectivity index is 0.808. The van der Waals surface area contributed by atoms with E-state index in [4.69, 9.17) is 15.0 Å². The summed E-state index contributed by atoms with van der Waals surface area (Å²) in [6.45, 7) is 0. The first-order valence-corrected chi connectivity index (χ1v) is 23.3. The molecule has 0 saturated carbocycles. The third-order valence-electron chi connectivity index (χ3n) is 14.4. The molecule has 4 atom stereocenters. The van der Waals surface area contributed by atoms with Gasteiger partial charge in [-0.25, -0.2) is 15.0 Å². The average Bonchev–Trinajstić information content (AvgIpc) is 3.73. The molecule has 3 heterocycles. The third kappa shape index (κ3) is 6.64. The molecule has 0 saturated heterocycles. The van der Waals surface area contributed by atoms with Crippen molar-refractivity contribution in [2.45, 2.75) is 38.3 Å². The lowest BCUT2D eigenvalue weighted by Gasteiger charge is -2.33. The van der Waals surface area contributed by atoms with Crippen LogP contribution in [-0.2, 0) is 6.42 Å². The van der Waals surface area contributed by atoms with Crippen LogP contribution < -0.4 is 10.2 Å². The van der Waals surface area contributed by atoms with Crippen molar-refractivity contribution >= 4 is 39.5 Å². The van der Waals surface area contributed by atoms with E-state index in [1.54, 1.807) is 0 Å². The zero-order chi connectivity index (χ0) is 42.8. The molecule has 1 N–H and O–H groups in total. The Morgan fingerprint density at radius 3 is 2.25 bits per heavy atom. The van der Waals surface area contributed by atoms with E-state index in [1.165, 1.54) is 72.4 Å². The number of hydrogen-bond donors (Lipinski definition) is 1. The average molecular weight is 838 g/mol. The second kappa shape index (κ2) is 15.6. The van der Waals surface area contributed by atoms with Crippen molar-refractivity contribution in [3.63, 3.8) is 0 Å². The molecule has 0 radical (unpaired) electrons. The summed E-state index contributed by atoms with van der Waals surface area (Å²) in [5.74, 6) is 3.15. The van der Waals surface area contributed by atoms with Crippen LogP contribution in [0, 0.1) is 17.8 Å². The summed E-state index contributed by atoms with van der Waals surface area (Å²) in [5.41, 5.74) is 17.3. The number of rotatable bonds is 6. The van der Waals surface area contributed by atoms with E-state index < -0.39 is 0 Å². The van der Waals surface area contributed by atoms with Gasteiger partial charge in [0.05, 0.1) is 17.1 Å². The van der Waals surface area contributed by atoms with Crippen molar-refractivity contribution < 1.29 is 0 Å². The monoisotopic (exact) mass is 837 g/mol. The Morgan fingerprint density at radius 1 is 0.585 bits per heavy atom. The van der Waals surface area contributed by atoms with Crippen LogP contribution >= 0.6 is 0 Å². The molecule has 7 aromatic rings. The highest BCUT2D eigenvalue weighted by Crippen LogP contribution is 2.55. The van der Waals surface area contributed by atoms with Crippen molar-refractivity contribution in [1.29, 1.82) is 0 Å². The van der Waals surface area contributed by atoms with E-state index >= 15 is 0 Å². The molecule has 2 aliphatic heterocycles. The van der Waals surface area contributed by atoms with Gasteiger partial charge < -0.3 is 10.2 Å². The lowest BCUT2D eigenvalue weighted by molar-refractivity contribution is 0.450. The van der Waals surface area contributed by atoms with Gasteiger partial charge in [-0.1, -0.05) is 176 Å². The third-order valence-corrected chi connectivity index (χ3v) is 14.4. The number of hydrogen-bond acceptors (Lipinski definition) is 5. The number of benzene rings is 6. The van der Waals surface area contributed by atoms with Crippen molar-refractivity contribution in [2.75, 3.05) is 10.2 Å². The number of allylic oxidation sites excluding steroid dienone is 11. The molecule has 5 heteroatoms. The second-order valence-electron chi connectivity index (χ2n) is 18.2. The van der Waals surface area contributed by atoms with Crippen LogP contribution in [0.4, 0.5) is 17.1 Å². The number of nitrogens with zero attached hydrogens (tertiary/aromatic N) is 4. The minimum atomic E-state index is -0.0138. The molecule has 312 valence electrons. The van der Waals surface area contributed by atoms with E-state index in [9.17, 15) is 0 Å². The van der Waals surface area contributed by atoms with Gasteiger partial charge in [-0.05, 0) is 107 Å². The molecule has 6 aromatic carbocycles. The molecule has 0 amide bonds. The molecular formula is C60H47N5. The first-order valence-electron chi connectivity index (χ1n) is 23.3. The summed E-state index contributed by atoms with van der Waals surface area (Å²) >= 11 is 0. The van der Waals surface area contributed by atoms with Gasteiger partial charge in [0.2, 0.25) is 0 Å². The lowest BCUT2D eigenvalue weighted by atomic mass is 9.75. The van der Waals surface area contributed by atoms with Gasteiger partial charge in [-0.15, -0.1) is 0 Å². The molecule has 0 bridgehead atoms. The number of anilines is 3. The standard InChI is InChI=1S/C60H47N5/c1-3-15-40-34-47(31-29-38(40)13-1)58-62-57(63-59(64-58)48-32-30-39-14-2-4-16-41(39)35-48)46-21-10-19-44(36-46)42-17-9-18-43(33-42)45-20-11-22-49(37-45)60-61-54-27-12-26-53-51-24-6-5-23-50(51)52-25-7-8-28-55(52)65(60)56(53)54/h1-3,5-15,17-18,21-32,34-37,43-45,60-61H,4,16,19-20,33H2. The van der Waals surface area contributed by atoms with Crippen LogP contribution in [0.15, 0.2) is 199 Å². The first-order chi connectivity index (χ1) is 32.2. The molecule has 1 aromatic heterocycles. The fourth-order valence-electron chi connectivity index (χ4n) is 11.1. The maximum absolute atomic E-state index is 5.23. The number of nitrogens with one attached hydrogen (secondary N) is 1. The summed E-state index contributed by atoms with van der Waals surface area (Å²) in [4.78, 5) is 18.2. The number of fused-ring (bicyclic) bond motifs is 7. The summed E-state index contributed by atoms with van der Waals surface area (Å²) in [5, 5.41) is 6.35. The molecule has 5 nitrogen and oxygen atoms in total. The quantitative estimate of drug-likeness (QED) is 0.181. The predicted molar refractivity (Wildman–Crippen MR) is 268 cm³/mol. The summed E-state index contributed by atoms with van der Waals surface area (Å²) in [7, 11) is 0.